The van der Waals surface area contributed by atoms with E-state index in [1.165, 1.54) is 10.7 Å². The summed E-state index contributed by atoms with van der Waals surface area (Å²) < 4.78 is 117. The number of amides is 1. The first-order valence-corrected chi connectivity index (χ1v) is 19.6. The quantitative estimate of drug-likeness (QED) is 0.119. The molecule has 2 aliphatic rings. The first-order valence-electron chi connectivity index (χ1n) is 17.4. The monoisotopic (exact) mass is 824 g/mol. The van der Waals surface area contributed by atoms with Gasteiger partial charge in [0.2, 0.25) is 15.9 Å². The van der Waals surface area contributed by atoms with Crippen molar-refractivity contribution < 1.29 is 44.7 Å². The van der Waals surface area contributed by atoms with Gasteiger partial charge < -0.3 is 15.3 Å². The van der Waals surface area contributed by atoms with Crippen molar-refractivity contribution in [2.24, 2.45) is 13.0 Å². The van der Waals surface area contributed by atoms with Gasteiger partial charge in [-0.1, -0.05) is 17.7 Å². The van der Waals surface area contributed by atoms with Gasteiger partial charge >= 0.3 is 0 Å². The molecular weight excluding hydrogens is 790 g/mol. The van der Waals surface area contributed by atoms with Crippen LogP contribution in [0.4, 0.5) is 38.0 Å². The fraction of sp³-hybridized carbons (Fsp3) is 0.389. The summed E-state index contributed by atoms with van der Waals surface area (Å²) in [6.45, 7) is -1.04. The van der Waals surface area contributed by atoms with Crippen molar-refractivity contribution >= 4 is 50.1 Å². The number of anilines is 2. The smallest absolute Gasteiger partial charge is 0.293 e. The molecular formula is C36H35ClF6N8O4S. The molecule has 12 nitrogen and oxygen atoms in total. The number of aromatic nitrogens is 5. The standard InChI is InChI=1S/C36H35ClF6N8O4S/c1-49(10-11-52)26-9-6-20(21-5-8-24(37)29-32(21)50(2)47-35(29)48-56(3,54)55)30(45-26)25(14-17-12-18(38)15-19(39)13-17)44-27(53)16-51-33-28(31(46-51)34(40)41)22-4-7-23(22)36(33,42)43/h5-6,8-9,12-13,15,22-23,25,34,52H,4,7,10-11,14,16H2,1-3H3,(H,44,53)(H,47,48)/t22-,23+,25-/m0/s1. The van der Waals surface area contributed by atoms with E-state index in [0.717, 1.165) is 18.4 Å². The Morgan fingerprint density at radius 3 is 2.39 bits per heavy atom. The third-order valence-corrected chi connectivity index (χ3v) is 11.1. The van der Waals surface area contributed by atoms with E-state index in [-0.39, 0.29) is 65.5 Å². The van der Waals surface area contributed by atoms with Crippen LogP contribution in [-0.4, -0.2) is 70.4 Å². The Morgan fingerprint density at radius 2 is 1.77 bits per heavy atom. The summed E-state index contributed by atoms with van der Waals surface area (Å²) in [5, 5.41) is 20.9. The number of halogens is 7. The van der Waals surface area contributed by atoms with Gasteiger partial charge in [0.15, 0.2) is 5.82 Å². The van der Waals surface area contributed by atoms with Crippen LogP contribution in [0.15, 0.2) is 42.5 Å². The largest absolute Gasteiger partial charge is 0.395 e. The van der Waals surface area contributed by atoms with E-state index in [9.17, 15) is 35.9 Å². The van der Waals surface area contributed by atoms with Gasteiger partial charge in [-0.2, -0.15) is 19.0 Å². The zero-order valence-corrected chi connectivity index (χ0v) is 31.6. The molecule has 0 radical (unpaired) electrons. The molecule has 3 heterocycles. The Hall–Kier alpha value is -4.88. The molecule has 56 heavy (non-hydrogen) atoms. The third kappa shape index (κ3) is 7.15. The van der Waals surface area contributed by atoms with Gasteiger partial charge in [-0.25, -0.2) is 31.0 Å². The van der Waals surface area contributed by atoms with Gasteiger partial charge in [0.05, 0.1) is 40.5 Å². The van der Waals surface area contributed by atoms with E-state index >= 15 is 8.78 Å². The van der Waals surface area contributed by atoms with Crippen LogP contribution in [0.1, 0.15) is 59.4 Å². The lowest BCUT2D eigenvalue weighted by Gasteiger charge is -2.34. The number of aryl methyl sites for hydroxylation is 1. The van der Waals surface area contributed by atoms with Crippen LogP contribution in [-0.2, 0) is 40.8 Å². The minimum absolute atomic E-state index is 0.0687. The highest BCUT2D eigenvalue weighted by molar-refractivity contribution is 7.92. The van der Waals surface area contributed by atoms with E-state index in [1.807, 2.05) is 0 Å². The molecule has 3 N–H and O–H groups in total. The topological polar surface area (TPSA) is 147 Å². The first kappa shape index (κ1) is 39.4. The van der Waals surface area contributed by atoms with Crippen molar-refractivity contribution in [1.29, 1.82) is 0 Å². The second-order valence-electron chi connectivity index (χ2n) is 14.0. The second-order valence-corrected chi connectivity index (χ2v) is 16.2. The number of benzene rings is 2. The summed E-state index contributed by atoms with van der Waals surface area (Å²) in [5.41, 5.74) is -0.593. The number of nitrogens with one attached hydrogen (secondary N) is 2. The predicted octanol–water partition coefficient (Wildman–Crippen LogP) is 6.20. The van der Waals surface area contributed by atoms with E-state index in [2.05, 4.69) is 20.2 Å². The Morgan fingerprint density at radius 1 is 1.07 bits per heavy atom. The lowest BCUT2D eigenvalue weighted by molar-refractivity contribution is -0.123. The summed E-state index contributed by atoms with van der Waals surface area (Å²) >= 11 is 6.58. The Balaban J connectivity index is 1.38. The molecule has 0 saturated heterocycles. The molecule has 20 heteroatoms. The van der Waals surface area contributed by atoms with Crippen LogP contribution < -0.4 is 14.9 Å². The van der Waals surface area contributed by atoms with Crippen molar-refractivity contribution in [2.75, 3.05) is 36.1 Å². The normalized spacial score (nSPS) is 17.8. The average molecular weight is 825 g/mol. The lowest BCUT2D eigenvalue weighted by Crippen LogP contribution is -2.36. The summed E-state index contributed by atoms with van der Waals surface area (Å²) in [4.78, 5) is 20.4. The first-order chi connectivity index (χ1) is 26.4. The van der Waals surface area contributed by atoms with Crippen molar-refractivity contribution in [3.8, 4) is 11.1 Å². The molecule has 3 aromatic heterocycles. The maximum absolute atomic E-state index is 15.6. The molecule has 1 fully saturated rings. The number of alkyl halides is 4. The van der Waals surface area contributed by atoms with Crippen LogP contribution in [0.2, 0.25) is 5.02 Å². The molecule has 5 aromatic rings. The minimum atomic E-state index is -3.82. The van der Waals surface area contributed by atoms with Gasteiger partial charge in [0.1, 0.15) is 35.4 Å². The molecule has 3 atom stereocenters. The van der Waals surface area contributed by atoms with Crippen molar-refractivity contribution in [3.63, 3.8) is 0 Å². The van der Waals surface area contributed by atoms with Gasteiger partial charge in [0, 0.05) is 49.3 Å². The molecule has 7 rings (SSSR count). The number of hydrogen-bond donors (Lipinski definition) is 3. The summed E-state index contributed by atoms with van der Waals surface area (Å²) in [6, 6.07) is 7.80. The highest BCUT2D eigenvalue weighted by Crippen LogP contribution is 2.63. The van der Waals surface area contributed by atoms with Crippen LogP contribution in [0, 0.1) is 17.6 Å². The molecule has 0 spiro atoms. The zero-order valence-electron chi connectivity index (χ0n) is 30.0. The highest BCUT2D eigenvalue weighted by Gasteiger charge is 2.62. The van der Waals surface area contributed by atoms with Crippen LogP contribution >= 0.6 is 11.6 Å². The second kappa shape index (κ2) is 14.6. The number of sulfonamides is 1. The van der Waals surface area contributed by atoms with Crippen LogP contribution in [0.25, 0.3) is 22.0 Å². The van der Waals surface area contributed by atoms with E-state index in [1.54, 1.807) is 37.2 Å². The molecule has 0 unspecified atom stereocenters. The molecule has 0 bridgehead atoms. The number of aliphatic hydroxyl groups is 1. The maximum Gasteiger partial charge on any atom is 0.293 e. The third-order valence-electron chi connectivity index (χ3n) is 10.2. The molecule has 2 aromatic carbocycles. The summed E-state index contributed by atoms with van der Waals surface area (Å²) in [6.07, 6.45) is -2.12. The number of carbonyl (C=O) groups is 1. The lowest BCUT2D eigenvalue weighted by atomic mass is 9.73. The van der Waals surface area contributed by atoms with Gasteiger partial charge in [-0.05, 0) is 61.1 Å². The van der Waals surface area contributed by atoms with E-state index < -0.39 is 75.7 Å². The fourth-order valence-electron chi connectivity index (χ4n) is 7.78. The number of nitrogens with zero attached hydrogens (tertiary/aromatic N) is 6. The minimum Gasteiger partial charge on any atom is -0.395 e. The molecule has 298 valence electrons. The zero-order chi connectivity index (χ0) is 40.4. The number of pyridine rings is 1. The number of likely N-dealkylation sites (N-methyl/N-ethyl adjacent to an activating group) is 1. The Kier molecular flexibility index (Phi) is 10.2. The fourth-order valence-corrected chi connectivity index (χ4v) is 8.51. The SMILES string of the molecule is CN(CCO)c1ccc(-c2ccc(Cl)c3c(NS(C)(=O)=O)nn(C)c23)c([C@H](Cc2cc(F)cc(F)c2)NC(=O)Cn2nc(C(F)F)c3c2C(F)(F)[C@@H]2CC[C@H]32)n1. The van der Waals surface area contributed by atoms with Gasteiger partial charge in [-0.15, -0.1) is 0 Å². The van der Waals surface area contributed by atoms with Crippen LogP contribution in [0.5, 0.6) is 0 Å². The number of hydrogen-bond acceptors (Lipinski definition) is 8. The van der Waals surface area contributed by atoms with Crippen molar-refractivity contribution in [2.45, 2.75) is 50.1 Å². The van der Waals surface area contributed by atoms with Crippen molar-refractivity contribution in [1.82, 2.24) is 29.9 Å². The summed E-state index contributed by atoms with van der Waals surface area (Å²) in [5.74, 6) is -8.07. The van der Waals surface area contributed by atoms with Gasteiger partial charge in [0.25, 0.3) is 12.3 Å². The van der Waals surface area contributed by atoms with E-state index in [0.29, 0.717) is 33.2 Å². The number of aliphatic hydroxyl groups excluding tert-OH is 1. The predicted molar refractivity (Wildman–Crippen MR) is 195 cm³/mol. The summed E-state index contributed by atoms with van der Waals surface area (Å²) in [7, 11) is -0.643. The maximum atomic E-state index is 15.6. The Labute approximate surface area is 321 Å². The number of carbonyl (C=O) groups excluding carboxylic acids is 1. The molecule has 2 aliphatic carbocycles. The average Bonchev–Trinajstić information content (AvgIpc) is 3.65. The number of rotatable bonds is 13. The highest BCUT2D eigenvalue weighted by atomic mass is 35.5. The van der Waals surface area contributed by atoms with E-state index in [4.69, 9.17) is 16.6 Å². The molecule has 0 aliphatic heterocycles. The number of fused-ring (bicyclic) bond motifs is 4. The molecule has 1 saturated carbocycles. The van der Waals surface area contributed by atoms with Crippen LogP contribution in [0.3, 0.4) is 0 Å². The Bertz CT molecular complexity index is 2460. The van der Waals surface area contributed by atoms with Crippen molar-refractivity contribution in [3.05, 3.63) is 87.3 Å². The van der Waals surface area contributed by atoms with Gasteiger partial charge in [-0.3, -0.25) is 18.9 Å². The molecule has 1 amide bonds.